The lowest BCUT2D eigenvalue weighted by molar-refractivity contribution is 0.379. The lowest BCUT2D eigenvalue weighted by atomic mass is 10.3. The van der Waals surface area contributed by atoms with Gasteiger partial charge in [0.2, 0.25) is 11.2 Å². The molecule has 2 atom stereocenters. The van der Waals surface area contributed by atoms with Crippen LogP contribution >= 0.6 is 11.6 Å². The molecule has 1 heterocycles. The molecule has 1 aliphatic rings. The van der Waals surface area contributed by atoms with Gasteiger partial charge in [0, 0.05) is 6.04 Å². The monoisotopic (exact) mass is 228 g/mol. The Morgan fingerprint density at radius 3 is 2.87 bits per heavy atom. The molecule has 5 nitrogen and oxygen atoms in total. The number of ether oxygens (including phenoxy) is 1. The zero-order valence-corrected chi connectivity index (χ0v) is 9.45. The van der Waals surface area contributed by atoms with Crippen LogP contribution in [0, 0.1) is 5.92 Å². The van der Waals surface area contributed by atoms with E-state index in [9.17, 15) is 0 Å². The predicted octanol–water partition coefficient (Wildman–Crippen LogP) is 1.74. The van der Waals surface area contributed by atoms with E-state index in [1.807, 2.05) is 0 Å². The van der Waals surface area contributed by atoms with Crippen LogP contribution in [0.25, 0.3) is 0 Å². The van der Waals surface area contributed by atoms with Gasteiger partial charge in [-0.15, -0.1) is 0 Å². The molecule has 0 amide bonds. The Bertz CT molecular complexity index is 360. The SMILES string of the molecule is CCC1CC1Nc1nc(Cl)nc(OC)n1. The third kappa shape index (κ3) is 2.47. The molecule has 0 aliphatic heterocycles. The summed E-state index contributed by atoms with van der Waals surface area (Å²) in [5.41, 5.74) is 0. The topological polar surface area (TPSA) is 59.9 Å². The number of nitrogens with one attached hydrogen (secondary N) is 1. The second-order valence-electron chi connectivity index (χ2n) is 3.57. The van der Waals surface area contributed by atoms with Crippen molar-refractivity contribution in [2.75, 3.05) is 12.4 Å². The number of methoxy groups -OCH3 is 1. The summed E-state index contributed by atoms with van der Waals surface area (Å²) in [7, 11) is 1.50. The fourth-order valence-electron chi connectivity index (χ4n) is 1.53. The van der Waals surface area contributed by atoms with Crippen LogP contribution in [0.3, 0.4) is 0 Å². The summed E-state index contributed by atoms with van der Waals surface area (Å²) in [6.07, 6.45) is 2.34. The van der Waals surface area contributed by atoms with Gasteiger partial charge in [-0.25, -0.2) is 0 Å². The van der Waals surface area contributed by atoms with Gasteiger partial charge in [0.25, 0.3) is 0 Å². The average molecular weight is 229 g/mol. The predicted molar refractivity (Wildman–Crippen MR) is 57.2 cm³/mol. The molecule has 1 aliphatic carbocycles. The molecule has 0 saturated heterocycles. The van der Waals surface area contributed by atoms with Crippen LogP contribution in [-0.4, -0.2) is 28.1 Å². The summed E-state index contributed by atoms with van der Waals surface area (Å²) in [6, 6.07) is 0.712. The fraction of sp³-hybridized carbons (Fsp3) is 0.667. The molecule has 6 heteroatoms. The van der Waals surface area contributed by atoms with Crippen LogP contribution in [0.2, 0.25) is 5.28 Å². The second-order valence-corrected chi connectivity index (χ2v) is 3.91. The summed E-state index contributed by atoms with van der Waals surface area (Å²) < 4.78 is 4.90. The van der Waals surface area contributed by atoms with E-state index in [0.717, 1.165) is 5.92 Å². The minimum Gasteiger partial charge on any atom is -0.467 e. The van der Waals surface area contributed by atoms with Crippen LogP contribution < -0.4 is 10.1 Å². The van der Waals surface area contributed by atoms with Crippen LogP contribution in [0.15, 0.2) is 0 Å². The molecule has 1 aromatic heterocycles. The maximum Gasteiger partial charge on any atom is 0.322 e. The highest BCUT2D eigenvalue weighted by molar-refractivity contribution is 6.28. The Labute approximate surface area is 93.2 Å². The summed E-state index contributed by atoms with van der Waals surface area (Å²) in [5, 5.41) is 3.36. The number of hydrogen-bond donors (Lipinski definition) is 1. The van der Waals surface area contributed by atoms with Gasteiger partial charge in [0.05, 0.1) is 7.11 Å². The molecule has 15 heavy (non-hydrogen) atoms. The maximum atomic E-state index is 5.72. The summed E-state index contributed by atoms with van der Waals surface area (Å²) in [5.74, 6) is 1.22. The first-order chi connectivity index (χ1) is 7.22. The highest BCUT2D eigenvalue weighted by Crippen LogP contribution is 2.35. The Morgan fingerprint density at radius 1 is 1.47 bits per heavy atom. The Balaban J connectivity index is 2.05. The van der Waals surface area contributed by atoms with E-state index in [4.69, 9.17) is 16.3 Å². The Kier molecular flexibility index (Phi) is 2.90. The normalized spacial score (nSPS) is 23.7. The van der Waals surface area contributed by atoms with Crippen molar-refractivity contribution in [2.45, 2.75) is 25.8 Å². The molecular formula is C9H13ClN4O. The number of hydrogen-bond acceptors (Lipinski definition) is 5. The van der Waals surface area contributed by atoms with Gasteiger partial charge in [-0.3, -0.25) is 0 Å². The molecule has 1 fully saturated rings. The molecule has 1 aromatic rings. The fourth-order valence-corrected chi connectivity index (χ4v) is 1.68. The van der Waals surface area contributed by atoms with Crippen molar-refractivity contribution in [3.05, 3.63) is 5.28 Å². The van der Waals surface area contributed by atoms with Crippen LogP contribution in [-0.2, 0) is 0 Å². The average Bonchev–Trinajstić information content (AvgIpc) is 2.95. The van der Waals surface area contributed by atoms with Crippen molar-refractivity contribution in [1.82, 2.24) is 15.0 Å². The molecular weight excluding hydrogens is 216 g/mol. The molecule has 0 spiro atoms. The molecule has 1 saturated carbocycles. The summed E-state index contributed by atoms with van der Waals surface area (Å²) in [6.45, 7) is 2.17. The van der Waals surface area contributed by atoms with Crippen LogP contribution in [0.4, 0.5) is 5.95 Å². The molecule has 1 N–H and O–H groups in total. The highest BCUT2D eigenvalue weighted by atomic mass is 35.5. The van der Waals surface area contributed by atoms with Gasteiger partial charge in [0.1, 0.15) is 0 Å². The third-order valence-corrected chi connectivity index (χ3v) is 2.70. The lowest BCUT2D eigenvalue weighted by Gasteiger charge is -2.04. The summed E-state index contributed by atoms with van der Waals surface area (Å²) in [4.78, 5) is 11.8. The van der Waals surface area contributed by atoms with Crippen molar-refractivity contribution >= 4 is 17.5 Å². The zero-order valence-electron chi connectivity index (χ0n) is 8.70. The Morgan fingerprint density at radius 2 is 2.27 bits per heavy atom. The van der Waals surface area contributed by atoms with E-state index in [1.54, 1.807) is 0 Å². The van der Waals surface area contributed by atoms with Gasteiger partial charge in [-0.2, -0.15) is 15.0 Å². The molecule has 2 unspecified atom stereocenters. The van der Waals surface area contributed by atoms with E-state index in [0.29, 0.717) is 12.0 Å². The molecule has 82 valence electrons. The van der Waals surface area contributed by atoms with Crippen LogP contribution in [0.5, 0.6) is 6.01 Å². The number of aromatic nitrogens is 3. The molecule has 0 bridgehead atoms. The minimum absolute atomic E-state index is 0.151. The third-order valence-electron chi connectivity index (χ3n) is 2.53. The van der Waals surface area contributed by atoms with E-state index in [1.165, 1.54) is 20.0 Å². The van der Waals surface area contributed by atoms with Gasteiger partial charge in [-0.05, 0) is 23.9 Å². The van der Waals surface area contributed by atoms with E-state index >= 15 is 0 Å². The standard InChI is InChI=1S/C9H13ClN4O/c1-3-5-4-6(5)11-8-12-7(10)13-9(14-8)15-2/h5-6H,3-4H2,1-2H3,(H,11,12,13,14). The molecule has 2 rings (SSSR count). The van der Waals surface area contributed by atoms with E-state index in [2.05, 4.69) is 27.2 Å². The number of nitrogens with zero attached hydrogens (tertiary/aromatic N) is 3. The van der Waals surface area contributed by atoms with Crippen molar-refractivity contribution in [2.24, 2.45) is 5.92 Å². The van der Waals surface area contributed by atoms with Gasteiger partial charge in [0.15, 0.2) is 0 Å². The number of halogens is 1. The first-order valence-electron chi connectivity index (χ1n) is 4.95. The van der Waals surface area contributed by atoms with Crippen molar-refractivity contribution in [3.63, 3.8) is 0 Å². The zero-order chi connectivity index (χ0) is 10.8. The van der Waals surface area contributed by atoms with Crippen molar-refractivity contribution in [1.29, 1.82) is 0 Å². The van der Waals surface area contributed by atoms with E-state index in [-0.39, 0.29) is 11.3 Å². The quantitative estimate of drug-likeness (QED) is 0.851. The largest absolute Gasteiger partial charge is 0.467 e. The van der Waals surface area contributed by atoms with Gasteiger partial charge < -0.3 is 10.1 Å². The van der Waals surface area contributed by atoms with Gasteiger partial charge in [-0.1, -0.05) is 13.3 Å². The van der Waals surface area contributed by atoms with Crippen molar-refractivity contribution in [3.8, 4) is 6.01 Å². The van der Waals surface area contributed by atoms with E-state index < -0.39 is 0 Å². The smallest absolute Gasteiger partial charge is 0.322 e. The second kappa shape index (κ2) is 4.18. The highest BCUT2D eigenvalue weighted by Gasteiger charge is 2.35. The number of anilines is 1. The maximum absolute atomic E-state index is 5.72. The number of rotatable bonds is 4. The first kappa shape index (κ1) is 10.4. The lowest BCUT2D eigenvalue weighted by Crippen LogP contribution is -2.09. The first-order valence-corrected chi connectivity index (χ1v) is 5.32. The Hall–Kier alpha value is -1.10. The molecule has 0 aromatic carbocycles. The van der Waals surface area contributed by atoms with Crippen molar-refractivity contribution < 1.29 is 4.74 Å². The van der Waals surface area contributed by atoms with Gasteiger partial charge >= 0.3 is 6.01 Å². The summed E-state index contributed by atoms with van der Waals surface area (Å²) >= 11 is 5.72. The van der Waals surface area contributed by atoms with Crippen LogP contribution in [0.1, 0.15) is 19.8 Å². The molecule has 0 radical (unpaired) electrons. The minimum atomic E-state index is 0.151.